The normalized spacial score (nSPS) is 9.62. The molecule has 0 amide bonds. The van der Waals surface area contributed by atoms with Gasteiger partial charge in [0.15, 0.2) is 0 Å². The van der Waals surface area contributed by atoms with Crippen molar-refractivity contribution >= 4 is 21.9 Å². The number of carbonyl (C=O) groups is 1. The van der Waals surface area contributed by atoms with Crippen LogP contribution in [0.5, 0.6) is 0 Å². The smallest absolute Gasteiger partial charge is 0.310 e. The fourth-order valence-corrected chi connectivity index (χ4v) is 2.03. The molecule has 3 nitrogen and oxygen atoms in total. The second-order valence-electron chi connectivity index (χ2n) is 3.32. The van der Waals surface area contributed by atoms with Gasteiger partial charge in [0.1, 0.15) is 6.07 Å². The Kier molecular flexibility index (Phi) is 4.51. The van der Waals surface area contributed by atoms with Crippen molar-refractivity contribution in [2.75, 3.05) is 6.61 Å². The molecular weight excluding hydrogens is 270 g/mol. The third kappa shape index (κ3) is 2.83. The number of nitrogens with zero attached hydrogens (tertiary/aromatic N) is 1. The minimum atomic E-state index is -0.282. The van der Waals surface area contributed by atoms with Crippen LogP contribution in [0.25, 0.3) is 0 Å². The number of hydrogen-bond donors (Lipinski definition) is 0. The summed E-state index contributed by atoms with van der Waals surface area (Å²) in [6, 6.07) is 5.77. The predicted octanol–water partition coefficient (Wildman–Crippen LogP) is 2.73. The van der Waals surface area contributed by atoms with Gasteiger partial charge in [-0.15, -0.1) is 0 Å². The van der Waals surface area contributed by atoms with Crippen LogP contribution in [0, 0.1) is 18.3 Å². The molecular formula is C12H12BrNO2. The second kappa shape index (κ2) is 5.66. The van der Waals surface area contributed by atoms with Crippen LogP contribution in [0.2, 0.25) is 0 Å². The minimum absolute atomic E-state index is 0.184. The van der Waals surface area contributed by atoms with Crippen molar-refractivity contribution in [3.8, 4) is 6.07 Å². The molecule has 0 aromatic heterocycles. The van der Waals surface area contributed by atoms with Crippen molar-refractivity contribution in [3.05, 3.63) is 33.3 Å². The second-order valence-corrected chi connectivity index (χ2v) is 4.12. The van der Waals surface area contributed by atoms with E-state index in [9.17, 15) is 4.79 Å². The van der Waals surface area contributed by atoms with Crippen molar-refractivity contribution in [1.29, 1.82) is 5.26 Å². The summed E-state index contributed by atoms with van der Waals surface area (Å²) >= 11 is 3.34. The highest BCUT2D eigenvalue weighted by Crippen LogP contribution is 2.24. The van der Waals surface area contributed by atoms with E-state index in [1.54, 1.807) is 6.92 Å². The van der Waals surface area contributed by atoms with Crippen LogP contribution in [0.3, 0.4) is 0 Å². The van der Waals surface area contributed by atoms with Gasteiger partial charge in [-0.3, -0.25) is 4.79 Å². The van der Waals surface area contributed by atoms with E-state index in [4.69, 9.17) is 10.00 Å². The summed E-state index contributed by atoms with van der Waals surface area (Å²) in [5, 5.41) is 8.97. The Hall–Kier alpha value is -1.34. The lowest BCUT2D eigenvalue weighted by Gasteiger charge is -2.07. The molecule has 1 aromatic carbocycles. The van der Waals surface area contributed by atoms with Gasteiger partial charge in [-0.25, -0.2) is 0 Å². The monoisotopic (exact) mass is 281 g/mol. The maximum Gasteiger partial charge on any atom is 0.310 e. The number of ether oxygens (including phenoxy) is 1. The summed E-state index contributed by atoms with van der Waals surface area (Å²) in [6.45, 7) is 3.99. The number of esters is 1. The molecule has 0 atom stereocenters. The summed E-state index contributed by atoms with van der Waals surface area (Å²) in [5.41, 5.74) is 2.24. The van der Waals surface area contributed by atoms with Crippen molar-refractivity contribution in [2.24, 2.45) is 0 Å². The molecule has 0 aliphatic carbocycles. The van der Waals surface area contributed by atoms with Gasteiger partial charge in [-0.1, -0.05) is 12.1 Å². The Morgan fingerprint density at radius 1 is 1.56 bits per heavy atom. The largest absolute Gasteiger partial charge is 0.466 e. The van der Waals surface area contributed by atoms with Crippen LogP contribution in [-0.4, -0.2) is 12.6 Å². The van der Waals surface area contributed by atoms with Gasteiger partial charge in [0.05, 0.1) is 18.6 Å². The van der Waals surface area contributed by atoms with Gasteiger partial charge in [0.2, 0.25) is 0 Å². The Morgan fingerprint density at radius 3 is 2.81 bits per heavy atom. The van der Waals surface area contributed by atoms with Gasteiger partial charge in [0, 0.05) is 4.47 Å². The minimum Gasteiger partial charge on any atom is -0.466 e. The van der Waals surface area contributed by atoms with Crippen molar-refractivity contribution in [2.45, 2.75) is 20.3 Å². The Bertz CT molecular complexity index is 449. The van der Waals surface area contributed by atoms with Gasteiger partial charge >= 0.3 is 5.97 Å². The number of benzene rings is 1. The van der Waals surface area contributed by atoms with E-state index in [-0.39, 0.29) is 12.4 Å². The maximum absolute atomic E-state index is 11.3. The van der Waals surface area contributed by atoms with E-state index >= 15 is 0 Å². The van der Waals surface area contributed by atoms with Crippen LogP contribution < -0.4 is 0 Å². The van der Waals surface area contributed by atoms with Crippen LogP contribution in [0.15, 0.2) is 16.6 Å². The van der Waals surface area contributed by atoms with Gasteiger partial charge < -0.3 is 4.74 Å². The van der Waals surface area contributed by atoms with Crippen molar-refractivity contribution in [1.82, 2.24) is 0 Å². The lowest BCUT2D eigenvalue weighted by atomic mass is 10.0. The lowest BCUT2D eigenvalue weighted by molar-refractivity contribution is -0.142. The molecule has 0 saturated carbocycles. The average molecular weight is 282 g/mol. The van der Waals surface area contributed by atoms with E-state index in [2.05, 4.69) is 22.0 Å². The van der Waals surface area contributed by atoms with Crippen LogP contribution in [-0.2, 0) is 16.0 Å². The van der Waals surface area contributed by atoms with Crippen LogP contribution >= 0.6 is 15.9 Å². The van der Waals surface area contributed by atoms with E-state index < -0.39 is 0 Å². The molecule has 0 aliphatic rings. The van der Waals surface area contributed by atoms with Gasteiger partial charge in [-0.2, -0.15) is 5.26 Å². The third-order valence-electron chi connectivity index (χ3n) is 2.18. The number of hydrogen-bond acceptors (Lipinski definition) is 3. The summed E-state index contributed by atoms with van der Waals surface area (Å²) in [5.74, 6) is -0.282. The first-order valence-corrected chi connectivity index (χ1v) is 5.73. The number of rotatable bonds is 3. The van der Waals surface area contributed by atoms with E-state index in [1.165, 1.54) is 0 Å². The summed E-state index contributed by atoms with van der Waals surface area (Å²) in [7, 11) is 0. The van der Waals surface area contributed by atoms with Crippen LogP contribution in [0.1, 0.15) is 23.6 Å². The van der Waals surface area contributed by atoms with Crippen molar-refractivity contribution in [3.63, 3.8) is 0 Å². The molecule has 0 unspecified atom stereocenters. The number of aryl methyl sites for hydroxylation is 1. The van der Waals surface area contributed by atoms with E-state index in [0.717, 1.165) is 11.1 Å². The van der Waals surface area contributed by atoms with Crippen molar-refractivity contribution < 1.29 is 9.53 Å². The number of carbonyl (C=O) groups excluding carboxylic acids is 1. The van der Waals surface area contributed by atoms with Gasteiger partial charge in [-0.05, 0) is 40.9 Å². The Balaban J connectivity index is 2.99. The average Bonchev–Trinajstić information content (AvgIpc) is 2.23. The first-order valence-electron chi connectivity index (χ1n) is 4.93. The number of halogens is 1. The highest BCUT2D eigenvalue weighted by Gasteiger charge is 2.12. The number of nitriles is 1. The highest BCUT2D eigenvalue weighted by molar-refractivity contribution is 9.10. The molecule has 0 radical (unpaired) electrons. The molecule has 0 fully saturated rings. The summed E-state index contributed by atoms with van der Waals surface area (Å²) in [4.78, 5) is 11.3. The van der Waals surface area contributed by atoms with Crippen LogP contribution in [0.4, 0.5) is 0 Å². The molecule has 0 bridgehead atoms. The maximum atomic E-state index is 11.3. The predicted molar refractivity (Wildman–Crippen MR) is 63.9 cm³/mol. The first kappa shape index (κ1) is 12.7. The third-order valence-corrected chi connectivity index (χ3v) is 3.09. The molecule has 16 heavy (non-hydrogen) atoms. The molecule has 0 N–H and O–H groups in total. The Morgan fingerprint density at radius 2 is 2.25 bits per heavy atom. The summed E-state index contributed by atoms with van der Waals surface area (Å²) in [6.07, 6.45) is 0.184. The molecule has 0 aliphatic heterocycles. The lowest BCUT2D eigenvalue weighted by Crippen LogP contribution is -2.08. The molecule has 4 heteroatoms. The van der Waals surface area contributed by atoms with E-state index in [1.807, 2.05) is 19.1 Å². The molecule has 1 rings (SSSR count). The van der Waals surface area contributed by atoms with Gasteiger partial charge in [0.25, 0.3) is 0 Å². The highest BCUT2D eigenvalue weighted by atomic mass is 79.9. The standard InChI is InChI=1S/C12H12BrNO2/c1-3-16-11(15)6-9-5-4-8(2)10(7-14)12(9)13/h4-5H,3,6H2,1-2H3. The topological polar surface area (TPSA) is 50.1 Å². The molecule has 1 aromatic rings. The fourth-order valence-electron chi connectivity index (χ4n) is 1.36. The summed E-state index contributed by atoms with van der Waals surface area (Å²) < 4.78 is 5.55. The molecule has 0 heterocycles. The first-order chi connectivity index (χ1) is 7.60. The molecule has 0 spiro atoms. The molecule has 0 saturated heterocycles. The zero-order valence-corrected chi connectivity index (χ0v) is 10.8. The Labute approximate surface area is 103 Å². The fraction of sp³-hybridized carbons (Fsp3) is 0.333. The van der Waals surface area contributed by atoms with E-state index in [0.29, 0.717) is 16.6 Å². The quantitative estimate of drug-likeness (QED) is 0.801. The SMILES string of the molecule is CCOC(=O)Cc1ccc(C)c(C#N)c1Br. The molecule has 84 valence electrons. The zero-order chi connectivity index (χ0) is 12.1. The zero-order valence-electron chi connectivity index (χ0n) is 9.21.